The number of nitrogens with zero attached hydrogens (tertiary/aromatic N) is 1. The molecule has 3 rings (SSSR count). The zero-order valence-electron chi connectivity index (χ0n) is 21.0. The van der Waals surface area contributed by atoms with E-state index in [-0.39, 0.29) is 24.3 Å². The molecule has 0 aliphatic heterocycles. The molecule has 3 aromatic carbocycles. The van der Waals surface area contributed by atoms with E-state index in [0.29, 0.717) is 17.0 Å². The van der Waals surface area contributed by atoms with Crippen LogP contribution in [-0.4, -0.2) is 25.3 Å². The van der Waals surface area contributed by atoms with Crippen molar-refractivity contribution in [3.05, 3.63) is 89.5 Å². The molecule has 0 atom stereocenters. The largest absolute Gasteiger partial charge is 0.573 e. The van der Waals surface area contributed by atoms with Crippen molar-refractivity contribution in [3.8, 4) is 11.5 Å². The standard InChI is InChI=1S/C28H28F3NO5/c1-27(2,3)21-9-5-19(6-10-21)17-32(25(33)26(34)35-4)22-11-15-23(16-12-22)36-18-20-7-13-24(14-8-20)37-28(29,30)31/h5-16H,17-18H2,1-4H3. The first-order chi connectivity index (χ1) is 17.4. The summed E-state index contributed by atoms with van der Waals surface area (Å²) in [5.74, 6) is -1.63. The smallest absolute Gasteiger partial charge is 0.489 e. The van der Waals surface area contributed by atoms with Crippen molar-refractivity contribution in [2.75, 3.05) is 12.0 Å². The number of carbonyl (C=O) groups excluding carboxylic acids is 2. The van der Waals surface area contributed by atoms with Gasteiger partial charge in [-0.3, -0.25) is 9.69 Å². The van der Waals surface area contributed by atoms with Gasteiger partial charge in [-0.25, -0.2) is 4.79 Å². The number of ether oxygens (including phenoxy) is 3. The lowest BCUT2D eigenvalue weighted by molar-refractivity contribution is -0.274. The molecule has 0 radical (unpaired) electrons. The summed E-state index contributed by atoms with van der Waals surface area (Å²) >= 11 is 0. The number of rotatable bonds is 7. The van der Waals surface area contributed by atoms with Crippen LogP contribution in [0.2, 0.25) is 0 Å². The summed E-state index contributed by atoms with van der Waals surface area (Å²) in [4.78, 5) is 26.1. The fourth-order valence-electron chi connectivity index (χ4n) is 3.45. The van der Waals surface area contributed by atoms with Gasteiger partial charge in [0, 0.05) is 5.69 Å². The predicted octanol–water partition coefficient (Wildman–Crippen LogP) is 6.17. The van der Waals surface area contributed by atoms with Crippen molar-refractivity contribution in [1.82, 2.24) is 0 Å². The molecule has 0 saturated heterocycles. The number of halogens is 3. The van der Waals surface area contributed by atoms with Gasteiger partial charge in [0.2, 0.25) is 0 Å². The highest BCUT2D eigenvalue weighted by Gasteiger charge is 2.31. The molecular formula is C28H28F3NO5. The van der Waals surface area contributed by atoms with Crippen LogP contribution in [-0.2, 0) is 32.9 Å². The van der Waals surface area contributed by atoms with E-state index in [1.165, 1.54) is 29.2 Å². The first-order valence-electron chi connectivity index (χ1n) is 11.4. The van der Waals surface area contributed by atoms with Crippen LogP contribution < -0.4 is 14.4 Å². The van der Waals surface area contributed by atoms with Crippen LogP contribution in [0.1, 0.15) is 37.5 Å². The summed E-state index contributed by atoms with van der Waals surface area (Å²) in [6.45, 7) is 6.59. The number of hydrogen-bond donors (Lipinski definition) is 0. The number of benzene rings is 3. The summed E-state index contributed by atoms with van der Waals surface area (Å²) in [5, 5.41) is 0. The second kappa shape index (κ2) is 11.4. The van der Waals surface area contributed by atoms with Crippen LogP contribution in [0.3, 0.4) is 0 Å². The lowest BCUT2D eigenvalue weighted by atomic mass is 9.87. The van der Waals surface area contributed by atoms with Crippen LogP contribution in [0.25, 0.3) is 0 Å². The minimum atomic E-state index is -4.75. The maximum Gasteiger partial charge on any atom is 0.573 e. The van der Waals surface area contributed by atoms with Gasteiger partial charge in [0.1, 0.15) is 18.1 Å². The van der Waals surface area contributed by atoms with Gasteiger partial charge in [-0.1, -0.05) is 57.2 Å². The lowest BCUT2D eigenvalue weighted by Gasteiger charge is -2.23. The molecule has 0 saturated carbocycles. The zero-order chi connectivity index (χ0) is 27.2. The van der Waals surface area contributed by atoms with Crippen molar-refractivity contribution in [3.63, 3.8) is 0 Å². The topological polar surface area (TPSA) is 65.1 Å². The quantitative estimate of drug-likeness (QED) is 0.278. The van der Waals surface area contributed by atoms with Gasteiger partial charge in [-0.05, 0) is 58.5 Å². The molecule has 3 aromatic rings. The number of amides is 1. The van der Waals surface area contributed by atoms with Gasteiger partial charge in [0.15, 0.2) is 0 Å². The van der Waals surface area contributed by atoms with Gasteiger partial charge in [0.25, 0.3) is 0 Å². The Labute approximate surface area is 213 Å². The highest BCUT2D eigenvalue weighted by molar-refractivity contribution is 6.38. The van der Waals surface area contributed by atoms with E-state index >= 15 is 0 Å². The molecule has 1 amide bonds. The molecule has 0 spiro atoms. The maximum absolute atomic E-state index is 12.8. The van der Waals surface area contributed by atoms with E-state index in [9.17, 15) is 22.8 Å². The third-order valence-electron chi connectivity index (χ3n) is 5.48. The van der Waals surface area contributed by atoms with Crippen LogP contribution in [0.15, 0.2) is 72.8 Å². The number of alkyl halides is 3. The Balaban J connectivity index is 1.71. The van der Waals surface area contributed by atoms with Crippen molar-refractivity contribution in [2.45, 2.75) is 45.7 Å². The van der Waals surface area contributed by atoms with Crippen LogP contribution in [0.4, 0.5) is 18.9 Å². The molecular weight excluding hydrogens is 487 g/mol. The summed E-state index contributed by atoms with van der Waals surface area (Å²) in [5.41, 5.74) is 3.07. The van der Waals surface area contributed by atoms with Gasteiger partial charge in [-0.2, -0.15) is 0 Å². The Morgan fingerprint density at radius 3 is 1.84 bits per heavy atom. The van der Waals surface area contributed by atoms with Crippen molar-refractivity contribution in [1.29, 1.82) is 0 Å². The van der Waals surface area contributed by atoms with Crippen molar-refractivity contribution >= 4 is 17.6 Å². The van der Waals surface area contributed by atoms with Gasteiger partial charge in [0.05, 0.1) is 13.7 Å². The van der Waals surface area contributed by atoms with Crippen LogP contribution in [0.5, 0.6) is 11.5 Å². The van der Waals surface area contributed by atoms with E-state index in [1.54, 1.807) is 24.3 Å². The van der Waals surface area contributed by atoms with E-state index < -0.39 is 18.2 Å². The monoisotopic (exact) mass is 515 g/mol. The first kappa shape index (κ1) is 27.6. The molecule has 0 aromatic heterocycles. The van der Waals surface area contributed by atoms with Crippen molar-refractivity contribution < 1.29 is 37.0 Å². The van der Waals surface area contributed by atoms with E-state index in [0.717, 1.165) is 18.2 Å². The number of esters is 1. The fourth-order valence-corrected chi connectivity index (χ4v) is 3.45. The van der Waals surface area contributed by atoms with E-state index in [1.807, 2.05) is 24.3 Å². The lowest BCUT2D eigenvalue weighted by Crippen LogP contribution is -2.36. The molecule has 196 valence electrons. The Morgan fingerprint density at radius 1 is 0.784 bits per heavy atom. The molecule has 37 heavy (non-hydrogen) atoms. The van der Waals surface area contributed by atoms with Gasteiger partial charge in [-0.15, -0.1) is 13.2 Å². The SMILES string of the molecule is COC(=O)C(=O)N(Cc1ccc(C(C)(C)C)cc1)c1ccc(OCc2ccc(OC(F)(F)F)cc2)cc1. The van der Waals surface area contributed by atoms with Crippen LogP contribution >= 0.6 is 0 Å². The third kappa shape index (κ3) is 7.99. The minimum absolute atomic E-state index is 0.0191. The normalized spacial score (nSPS) is 11.5. The maximum atomic E-state index is 12.8. The molecule has 6 nitrogen and oxygen atoms in total. The first-order valence-corrected chi connectivity index (χ1v) is 11.4. The summed E-state index contributed by atoms with van der Waals surface area (Å²) in [6.07, 6.45) is -4.75. The van der Waals surface area contributed by atoms with E-state index in [4.69, 9.17) is 4.74 Å². The Morgan fingerprint density at radius 2 is 1.32 bits per heavy atom. The molecule has 0 aliphatic rings. The highest BCUT2D eigenvalue weighted by Crippen LogP contribution is 2.26. The molecule has 0 bridgehead atoms. The highest BCUT2D eigenvalue weighted by atomic mass is 19.4. The summed E-state index contributed by atoms with van der Waals surface area (Å²) in [7, 11) is 1.15. The second-order valence-electron chi connectivity index (χ2n) is 9.30. The zero-order valence-corrected chi connectivity index (χ0v) is 21.0. The Kier molecular flexibility index (Phi) is 8.47. The van der Waals surface area contributed by atoms with Crippen LogP contribution in [0, 0.1) is 0 Å². The average molecular weight is 516 g/mol. The molecule has 0 N–H and O–H groups in total. The number of carbonyl (C=O) groups is 2. The molecule has 0 aliphatic carbocycles. The number of hydrogen-bond acceptors (Lipinski definition) is 5. The van der Waals surface area contributed by atoms with Gasteiger partial charge >= 0.3 is 18.2 Å². The van der Waals surface area contributed by atoms with Crippen molar-refractivity contribution in [2.24, 2.45) is 0 Å². The molecule has 0 unspecified atom stereocenters. The molecule has 0 heterocycles. The number of anilines is 1. The Bertz CT molecular complexity index is 1200. The summed E-state index contributed by atoms with van der Waals surface area (Å²) < 4.78 is 51.1. The molecule has 9 heteroatoms. The minimum Gasteiger partial charge on any atom is -0.489 e. The predicted molar refractivity (Wildman–Crippen MR) is 132 cm³/mol. The number of methoxy groups -OCH3 is 1. The Hall–Kier alpha value is -4.01. The summed E-state index contributed by atoms with van der Waals surface area (Å²) in [6, 6.07) is 19.7. The fraction of sp³-hybridized carbons (Fsp3) is 0.286. The second-order valence-corrected chi connectivity index (χ2v) is 9.30. The third-order valence-corrected chi connectivity index (χ3v) is 5.48. The van der Waals surface area contributed by atoms with E-state index in [2.05, 4.69) is 30.2 Å². The average Bonchev–Trinajstić information content (AvgIpc) is 2.85. The van der Waals surface area contributed by atoms with Gasteiger partial charge < -0.3 is 14.2 Å². The molecule has 0 fully saturated rings.